The zero-order valence-electron chi connectivity index (χ0n) is 14.5. The maximum Gasteiger partial charge on any atom is 0.190 e. The molecule has 0 aromatic carbocycles. The van der Waals surface area contributed by atoms with Gasteiger partial charge in [0.1, 0.15) is 11.5 Å². The number of imidazole rings is 1. The highest BCUT2D eigenvalue weighted by Crippen LogP contribution is 2.36. The van der Waals surface area contributed by atoms with Crippen molar-refractivity contribution in [1.82, 2.24) is 14.5 Å². The molecule has 5 nitrogen and oxygen atoms in total. The lowest BCUT2D eigenvalue weighted by Gasteiger charge is -2.29. The molecule has 0 aliphatic rings. The molecule has 122 valence electrons. The summed E-state index contributed by atoms with van der Waals surface area (Å²) in [5.41, 5.74) is 2.07. The first-order valence-electron chi connectivity index (χ1n) is 7.71. The van der Waals surface area contributed by atoms with E-state index in [2.05, 4.69) is 43.7 Å². The van der Waals surface area contributed by atoms with Crippen LogP contribution in [0.15, 0.2) is 12.3 Å². The van der Waals surface area contributed by atoms with Crippen molar-refractivity contribution in [2.45, 2.75) is 59.1 Å². The molecule has 1 atom stereocenters. The average Bonchev–Trinajstić information content (AvgIpc) is 2.76. The fourth-order valence-corrected chi connectivity index (χ4v) is 3.46. The van der Waals surface area contributed by atoms with E-state index in [1.807, 2.05) is 24.6 Å². The van der Waals surface area contributed by atoms with Crippen molar-refractivity contribution in [2.75, 3.05) is 6.66 Å². The van der Waals surface area contributed by atoms with Crippen molar-refractivity contribution >= 4 is 19.2 Å². The number of hydrogen-bond acceptors (Lipinski definition) is 4. The summed E-state index contributed by atoms with van der Waals surface area (Å²) in [6.45, 7) is 13.9. The predicted octanol–water partition coefficient (Wildman–Crippen LogP) is 4.49. The lowest BCUT2D eigenvalue weighted by atomic mass is 10.1. The van der Waals surface area contributed by atoms with Crippen LogP contribution >= 0.6 is 8.03 Å². The van der Waals surface area contributed by atoms with Gasteiger partial charge in [0.2, 0.25) is 0 Å². The van der Waals surface area contributed by atoms with Crippen LogP contribution in [0.25, 0.3) is 11.2 Å². The highest BCUT2D eigenvalue weighted by molar-refractivity contribution is 7.38. The lowest BCUT2D eigenvalue weighted by molar-refractivity contribution is 0.0418. The summed E-state index contributed by atoms with van der Waals surface area (Å²) in [5, 5.41) is 0. The molecular formula is C16H26N3O2P. The third kappa shape index (κ3) is 3.26. The Balaban J connectivity index is 2.74. The highest BCUT2D eigenvalue weighted by atomic mass is 31.1. The summed E-state index contributed by atoms with van der Waals surface area (Å²) < 4.78 is 19.4. The molecule has 2 heterocycles. The summed E-state index contributed by atoms with van der Waals surface area (Å²) in [6.07, 6.45) is 1.88. The predicted molar refractivity (Wildman–Crippen MR) is 91.0 cm³/mol. The largest absolute Gasteiger partial charge is 0.304 e. The summed E-state index contributed by atoms with van der Waals surface area (Å²) in [6, 6.07) is 2.11. The quantitative estimate of drug-likeness (QED) is 0.761. The van der Waals surface area contributed by atoms with E-state index >= 15 is 0 Å². The Bertz CT molecular complexity index is 705. The molecule has 1 unspecified atom stereocenters. The van der Waals surface area contributed by atoms with Gasteiger partial charge in [0.05, 0.1) is 5.52 Å². The second-order valence-corrected chi connectivity index (χ2v) is 7.95. The molecular weight excluding hydrogens is 297 g/mol. The molecule has 6 heteroatoms. The number of rotatable bonds is 5. The van der Waals surface area contributed by atoms with Gasteiger partial charge in [-0.1, -0.05) is 27.7 Å². The van der Waals surface area contributed by atoms with Crippen molar-refractivity contribution in [2.24, 2.45) is 0 Å². The fraction of sp³-hybridized carbons (Fsp3) is 0.625. The van der Waals surface area contributed by atoms with Crippen LogP contribution in [-0.2, 0) is 14.8 Å². The van der Waals surface area contributed by atoms with Crippen molar-refractivity contribution in [3.05, 3.63) is 23.7 Å². The molecule has 0 amide bonds. The van der Waals surface area contributed by atoms with Gasteiger partial charge in [-0.25, -0.2) is 9.97 Å². The average molecular weight is 323 g/mol. The molecule has 0 spiro atoms. The van der Waals surface area contributed by atoms with E-state index in [1.165, 1.54) is 0 Å². The second-order valence-electron chi connectivity index (χ2n) is 6.77. The minimum absolute atomic E-state index is 0.221. The molecule has 0 saturated carbocycles. The van der Waals surface area contributed by atoms with E-state index in [9.17, 15) is 4.57 Å². The molecule has 2 aromatic heterocycles. The van der Waals surface area contributed by atoms with Crippen molar-refractivity contribution < 1.29 is 9.09 Å². The monoisotopic (exact) mass is 323 g/mol. The maximum absolute atomic E-state index is 11.7. The maximum atomic E-state index is 11.7. The topological polar surface area (TPSA) is 57.0 Å². The molecule has 0 fully saturated rings. The smallest absolute Gasteiger partial charge is 0.190 e. The molecule has 2 aromatic rings. The first kappa shape index (κ1) is 17.2. The minimum Gasteiger partial charge on any atom is -0.304 e. The second kappa shape index (κ2) is 6.13. The van der Waals surface area contributed by atoms with Crippen LogP contribution in [-0.4, -0.2) is 21.2 Å². The normalized spacial score (nSPS) is 14.2. The fourth-order valence-electron chi connectivity index (χ4n) is 2.66. The van der Waals surface area contributed by atoms with Gasteiger partial charge >= 0.3 is 0 Å². The van der Waals surface area contributed by atoms with Gasteiger partial charge in [-0.3, -0.25) is 9.13 Å². The number of fused-ring (bicyclic) bond motifs is 1. The molecule has 0 aliphatic heterocycles. The molecule has 0 radical (unpaired) electrons. The zero-order valence-corrected chi connectivity index (χ0v) is 15.5. The number of nitrogens with zero attached hydrogens (tertiary/aromatic N) is 3. The van der Waals surface area contributed by atoms with Crippen molar-refractivity contribution in [3.8, 4) is 0 Å². The Morgan fingerprint density at radius 3 is 2.36 bits per heavy atom. The SMILES string of the molecule is CC(C)c1cnc2nc(C(C)C)n(C(C)(C)O[PH](C)=O)c2c1. The molecule has 2 rings (SSSR count). The first-order chi connectivity index (χ1) is 10.1. The number of pyridine rings is 1. The van der Waals surface area contributed by atoms with E-state index in [-0.39, 0.29) is 5.92 Å². The number of aromatic nitrogens is 3. The van der Waals surface area contributed by atoms with E-state index in [4.69, 9.17) is 4.52 Å². The summed E-state index contributed by atoms with van der Waals surface area (Å²) in [4.78, 5) is 9.17. The first-order valence-corrected chi connectivity index (χ1v) is 9.53. The standard InChI is InChI=1S/C16H26N3O2P/c1-10(2)12-8-13-14(17-9-12)18-15(11(3)4)19(13)16(5,6)21-22(7)20/h8-11,22H,1-7H3. The minimum atomic E-state index is -2.07. The number of hydrogen-bond donors (Lipinski definition) is 0. The molecule has 22 heavy (non-hydrogen) atoms. The zero-order chi connectivity index (χ0) is 16.7. The Hall–Kier alpha value is -1.19. The summed E-state index contributed by atoms with van der Waals surface area (Å²) in [5.74, 6) is 1.51. The van der Waals surface area contributed by atoms with Crippen LogP contribution in [0.2, 0.25) is 0 Å². The molecule has 0 aliphatic carbocycles. The van der Waals surface area contributed by atoms with E-state index in [1.54, 1.807) is 6.66 Å². The van der Waals surface area contributed by atoms with Gasteiger partial charge in [-0.2, -0.15) is 0 Å². The van der Waals surface area contributed by atoms with Gasteiger partial charge in [0, 0.05) is 18.8 Å². The van der Waals surface area contributed by atoms with E-state index < -0.39 is 13.8 Å². The molecule has 0 N–H and O–H groups in total. The Morgan fingerprint density at radius 1 is 1.23 bits per heavy atom. The lowest BCUT2D eigenvalue weighted by Crippen LogP contribution is -2.29. The Kier molecular flexibility index (Phi) is 4.78. The summed E-state index contributed by atoms with van der Waals surface area (Å²) >= 11 is 0. The molecule has 0 bridgehead atoms. The van der Waals surface area contributed by atoms with Crippen LogP contribution in [0.5, 0.6) is 0 Å². The Morgan fingerprint density at radius 2 is 1.86 bits per heavy atom. The van der Waals surface area contributed by atoms with Crippen LogP contribution < -0.4 is 0 Å². The van der Waals surface area contributed by atoms with Gasteiger partial charge in [-0.15, -0.1) is 0 Å². The summed E-state index contributed by atoms with van der Waals surface area (Å²) in [7, 11) is -2.07. The van der Waals surface area contributed by atoms with Crippen LogP contribution in [0.4, 0.5) is 0 Å². The van der Waals surface area contributed by atoms with E-state index in [0.29, 0.717) is 11.6 Å². The Labute approximate surface area is 133 Å². The molecule has 0 saturated heterocycles. The highest BCUT2D eigenvalue weighted by Gasteiger charge is 2.29. The van der Waals surface area contributed by atoms with E-state index in [0.717, 1.165) is 16.9 Å². The third-order valence-corrected chi connectivity index (χ3v) is 4.46. The van der Waals surface area contributed by atoms with Crippen molar-refractivity contribution in [1.29, 1.82) is 0 Å². The third-order valence-electron chi connectivity index (χ3n) is 3.67. The van der Waals surface area contributed by atoms with Gasteiger partial charge < -0.3 is 4.52 Å². The van der Waals surface area contributed by atoms with Gasteiger partial charge in [0.25, 0.3) is 0 Å². The van der Waals surface area contributed by atoms with Crippen LogP contribution in [0.3, 0.4) is 0 Å². The van der Waals surface area contributed by atoms with Crippen LogP contribution in [0, 0.1) is 0 Å². The van der Waals surface area contributed by atoms with Gasteiger partial charge in [0.15, 0.2) is 13.7 Å². The van der Waals surface area contributed by atoms with Crippen molar-refractivity contribution in [3.63, 3.8) is 0 Å². The van der Waals surface area contributed by atoms with Gasteiger partial charge in [-0.05, 0) is 31.4 Å². The van der Waals surface area contributed by atoms with Crippen LogP contribution in [0.1, 0.15) is 64.8 Å².